The van der Waals surface area contributed by atoms with Gasteiger partial charge >= 0.3 is 0 Å². The summed E-state index contributed by atoms with van der Waals surface area (Å²) in [6, 6.07) is 22.2. The summed E-state index contributed by atoms with van der Waals surface area (Å²) in [6.07, 6.45) is 1.48. The van der Waals surface area contributed by atoms with E-state index in [-0.39, 0.29) is 17.6 Å². The van der Waals surface area contributed by atoms with E-state index >= 15 is 0 Å². The van der Waals surface area contributed by atoms with Gasteiger partial charge in [-0.25, -0.2) is 5.43 Å². The first-order valence-electron chi connectivity index (χ1n) is 10.4. The van der Waals surface area contributed by atoms with Gasteiger partial charge in [0.2, 0.25) is 0 Å². The third kappa shape index (κ3) is 4.10. The number of amides is 2. The van der Waals surface area contributed by atoms with Crippen LogP contribution in [-0.4, -0.2) is 23.1 Å². The molecule has 4 aromatic rings. The van der Waals surface area contributed by atoms with Crippen molar-refractivity contribution in [2.75, 3.05) is 4.90 Å². The zero-order valence-corrected chi connectivity index (χ0v) is 20.8. The van der Waals surface area contributed by atoms with E-state index in [2.05, 4.69) is 42.4 Å². The minimum absolute atomic E-state index is 0.0181. The Balaban J connectivity index is 1.27. The van der Waals surface area contributed by atoms with Gasteiger partial charge in [-0.15, -0.1) is 0 Å². The lowest BCUT2D eigenvalue weighted by molar-refractivity contribution is 0.0953. The molecule has 0 saturated carbocycles. The van der Waals surface area contributed by atoms with Crippen LogP contribution in [0.2, 0.25) is 0 Å². The van der Waals surface area contributed by atoms with E-state index in [4.69, 9.17) is 0 Å². The molecule has 1 aliphatic rings. The van der Waals surface area contributed by atoms with Crippen LogP contribution in [-0.2, 0) is 6.54 Å². The number of rotatable bonds is 5. The first-order valence-corrected chi connectivity index (χ1v) is 11.9. The maximum absolute atomic E-state index is 13.0. The van der Waals surface area contributed by atoms with Crippen molar-refractivity contribution >= 4 is 66.3 Å². The van der Waals surface area contributed by atoms with Crippen molar-refractivity contribution in [3.63, 3.8) is 0 Å². The highest BCUT2D eigenvalue weighted by atomic mass is 79.9. The summed E-state index contributed by atoms with van der Waals surface area (Å²) in [5, 5.41) is 15.8. The number of hydrogen-bond acceptors (Lipinski definition) is 4. The topological polar surface area (TPSA) is 82.0 Å². The third-order valence-electron chi connectivity index (χ3n) is 5.62. The second-order valence-corrected chi connectivity index (χ2v) is 9.51. The van der Waals surface area contributed by atoms with E-state index in [9.17, 15) is 14.7 Å². The number of phenols is 1. The van der Waals surface area contributed by atoms with Gasteiger partial charge in [-0.2, -0.15) is 5.10 Å². The van der Waals surface area contributed by atoms with E-state index in [1.165, 1.54) is 6.21 Å². The molecule has 0 fully saturated rings. The summed E-state index contributed by atoms with van der Waals surface area (Å²) < 4.78 is 1.03. The zero-order valence-electron chi connectivity index (χ0n) is 17.6. The maximum atomic E-state index is 13.0. The number of anilines is 1. The Labute approximate surface area is 212 Å². The van der Waals surface area contributed by atoms with Crippen LogP contribution in [0.1, 0.15) is 31.8 Å². The van der Waals surface area contributed by atoms with Crippen LogP contribution in [0, 0.1) is 0 Å². The molecule has 0 radical (unpaired) electrons. The molecule has 0 atom stereocenters. The van der Waals surface area contributed by atoms with Gasteiger partial charge in [0.05, 0.1) is 27.4 Å². The molecular formula is C26H17Br2N3O3. The first-order chi connectivity index (χ1) is 16.4. The smallest absolute Gasteiger partial charge is 0.271 e. The lowest BCUT2D eigenvalue weighted by atomic mass is 10.1. The quantitative estimate of drug-likeness (QED) is 0.225. The fraction of sp³-hybridized carbons (Fsp3) is 0.0385. The minimum atomic E-state index is -0.353. The Morgan fingerprint density at radius 3 is 2.38 bits per heavy atom. The summed E-state index contributed by atoms with van der Waals surface area (Å²) in [4.78, 5) is 27.2. The summed E-state index contributed by atoms with van der Waals surface area (Å²) in [7, 11) is 0. The molecule has 2 N–H and O–H groups in total. The molecule has 4 aromatic carbocycles. The predicted octanol–water partition coefficient (Wildman–Crippen LogP) is 5.99. The second-order valence-electron chi connectivity index (χ2n) is 7.80. The summed E-state index contributed by atoms with van der Waals surface area (Å²) in [5.41, 5.74) is 6.18. The third-order valence-corrected chi connectivity index (χ3v) is 6.83. The fourth-order valence-corrected chi connectivity index (χ4v) is 5.19. The Morgan fingerprint density at radius 2 is 1.68 bits per heavy atom. The van der Waals surface area contributed by atoms with Crippen molar-refractivity contribution in [1.29, 1.82) is 0 Å². The van der Waals surface area contributed by atoms with Crippen LogP contribution >= 0.6 is 31.9 Å². The predicted molar refractivity (Wildman–Crippen MR) is 139 cm³/mol. The number of phenolic OH excluding ortho intramolecular Hbond substituents is 1. The van der Waals surface area contributed by atoms with Crippen molar-refractivity contribution in [1.82, 2.24) is 5.43 Å². The maximum Gasteiger partial charge on any atom is 0.271 e. The molecule has 168 valence electrons. The Hall–Kier alpha value is -3.49. The van der Waals surface area contributed by atoms with Crippen LogP contribution in [0.5, 0.6) is 5.75 Å². The van der Waals surface area contributed by atoms with Crippen LogP contribution < -0.4 is 10.3 Å². The monoisotopic (exact) mass is 577 g/mol. The fourth-order valence-electron chi connectivity index (χ4n) is 3.97. The highest BCUT2D eigenvalue weighted by molar-refractivity contribution is 9.11. The SMILES string of the molecule is O=C(N/N=C/c1cc(Br)c(O)c(Br)c1)c1ccc(CN2C(=O)c3cccc4cccc2c34)cc1. The molecule has 6 nitrogen and oxygen atoms in total. The normalized spacial score (nSPS) is 12.6. The number of halogens is 2. The lowest BCUT2D eigenvalue weighted by Crippen LogP contribution is -2.26. The molecule has 0 spiro atoms. The van der Waals surface area contributed by atoms with Gasteiger partial charge in [0.1, 0.15) is 5.75 Å². The molecule has 0 bridgehead atoms. The summed E-state index contributed by atoms with van der Waals surface area (Å²) in [6.45, 7) is 0.414. The molecular weight excluding hydrogens is 562 g/mol. The van der Waals surface area contributed by atoms with E-state index < -0.39 is 0 Å². The summed E-state index contributed by atoms with van der Waals surface area (Å²) >= 11 is 6.52. The molecule has 8 heteroatoms. The number of benzene rings is 4. The number of aromatic hydroxyl groups is 1. The Bertz CT molecular complexity index is 1450. The molecule has 5 rings (SSSR count). The molecule has 1 aliphatic heterocycles. The van der Waals surface area contributed by atoms with E-state index in [1.54, 1.807) is 29.2 Å². The molecule has 1 heterocycles. The number of hydrazone groups is 1. The first kappa shape index (κ1) is 22.3. The summed E-state index contributed by atoms with van der Waals surface area (Å²) in [5.74, 6) is -0.276. The van der Waals surface area contributed by atoms with Gasteiger partial charge in [0.25, 0.3) is 11.8 Å². The largest absolute Gasteiger partial charge is 0.506 e. The second kappa shape index (κ2) is 9.04. The molecule has 0 saturated heterocycles. The number of hydrogen-bond donors (Lipinski definition) is 2. The van der Waals surface area contributed by atoms with Gasteiger partial charge < -0.3 is 10.0 Å². The number of carbonyl (C=O) groups is 2. The van der Waals surface area contributed by atoms with Crippen molar-refractivity contribution in [3.05, 3.63) is 104 Å². The molecule has 0 aromatic heterocycles. The zero-order chi connectivity index (χ0) is 23.8. The Kier molecular flexibility index (Phi) is 5.93. The van der Waals surface area contributed by atoms with Crippen LogP contribution in [0.4, 0.5) is 5.69 Å². The highest BCUT2D eigenvalue weighted by Crippen LogP contribution is 2.38. The number of nitrogens with zero attached hydrogens (tertiary/aromatic N) is 2. The van der Waals surface area contributed by atoms with Crippen LogP contribution in [0.3, 0.4) is 0 Å². The van der Waals surface area contributed by atoms with Gasteiger partial charge in [0.15, 0.2) is 0 Å². The average Bonchev–Trinajstić information content (AvgIpc) is 3.11. The van der Waals surface area contributed by atoms with Crippen molar-refractivity contribution in [2.45, 2.75) is 6.54 Å². The standard InChI is InChI=1S/C26H17Br2N3O3/c27-20-11-16(12-21(28)24(20)32)13-29-30-25(33)18-9-7-15(8-10-18)14-31-22-6-2-4-17-3-1-5-19(23(17)22)26(31)34/h1-13,32H,14H2,(H,30,33)/b29-13+. The van der Waals surface area contributed by atoms with Gasteiger partial charge in [-0.3, -0.25) is 9.59 Å². The van der Waals surface area contributed by atoms with Crippen molar-refractivity contribution in [2.24, 2.45) is 5.10 Å². The minimum Gasteiger partial charge on any atom is -0.506 e. The van der Waals surface area contributed by atoms with Gasteiger partial charge in [-0.1, -0.05) is 36.4 Å². The van der Waals surface area contributed by atoms with Gasteiger partial charge in [-0.05, 0) is 84.8 Å². The van der Waals surface area contributed by atoms with E-state index in [1.807, 2.05) is 48.5 Å². The average molecular weight is 579 g/mol. The van der Waals surface area contributed by atoms with E-state index in [0.29, 0.717) is 26.6 Å². The van der Waals surface area contributed by atoms with Crippen molar-refractivity contribution in [3.8, 4) is 5.75 Å². The molecule has 0 unspecified atom stereocenters. The van der Waals surface area contributed by atoms with Crippen molar-refractivity contribution < 1.29 is 14.7 Å². The van der Waals surface area contributed by atoms with Gasteiger partial charge in [0, 0.05) is 16.5 Å². The molecule has 0 aliphatic carbocycles. The Morgan fingerprint density at radius 1 is 1.00 bits per heavy atom. The van der Waals surface area contributed by atoms with E-state index in [0.717, 1.165) is 27.6 Å². The highest BCUT2D eigenvalue weighted by Gasteiger charge is 2.29. The van der Waals surface area contributed by atoms with Crippen LogP contribution in [0.25, 0.3) is 10.8 Å². The molecule has 2 amide bonds. The number of nitrogens with one attached hydrogen (secondary N) is 1. The van der Waals surface area contributed by atoms with Crippen LogP contribution in [0.15, 0.2) is 86.8 Å². The molecule has 34 heavy (non-hydrogen) atoms. The number of carbonyl (C=O) groups excluding carboxylic acids is 2. The lowest BCUT2D eigenvalue weighted by Gasteiger charge is -2.18.